The van der Waals surface area contributed by atoms with E-state index in [0.29, 0.717) is 0 Å². The Labute approximate surface area is 204 Å². The first kappa shape index (κ1) is 24.3. The fourth-order valence-corrected chi connectivity index (χ4v) is 6.12. The van der Waals surface area contributed by atoms with Gasteiger partial charge in [0.05, 0.1) is 16.8 Å². The van der Waals surface area contributed by atoms with Gasteiger partial charge in [-0.2, -0.15) is 0 Å². The molecule has 1 saturated carbocycles. The van der Waals surface area contributed by atoms with Gasteiger partial charge in [0.1, 0.15) is 10.8 Å². The largest absolute Gasteiger partial charge is 0.494 e. The van der Waals surface area contributed by atoms with Gasteiger partial charge in [-0.15, -0.1) is 11.3 Å². The first-order valence-corrected chi connectivity index (χ1v) is 14.3. The minimum Gasteiger partial charge on any atom is -0.494 e. The molecule has 1 aromatic heterocycles. The summed E-state index contributed by atoms with van der Waals surface area (Å²) in [6.45, 7) is 3.11. The Morgan fingerprint density at radius 2 is 1.67 bits per heavy atom. The van der Waals surface area contributed by atoms with Crippen molar-refractivity contribution in [3.63, 3.8) is 0 Å². The van der Waals surface area contributed by atoms with Crippen LogP contribution in [-0.2, 0) is 6.42 Å². The molecule has 0 bridgehead atoms. The van der Waals surface area contributed by atoms with E-state index in [2.05, 4.69) is 49.4 Å². The van der Waals surface area contributed by atoms with Crippen molar-refractivity contribution < 1.29 is 4.74 Å². The number of hydrogen-bond donors (Lipinski definition) is 0. The molecule has 0 saturated heterocycles. The molecule has 0 N–H and O–H groups in total. The van der Waals surface area contributed by atoms with Gasteiger partial charge in [0, 0.05) is 5.56 Å². The normalized spacial score (nSPS) is 14.7. The smallest absolute Gasteiger partial charge is 0.124 e. The van der Waals surface area contributed by atoms with Gasteiger partial charge in [-0.3, -0.25) is 0 Å². The maximum atomic E-state index is 6.01. The number of hydrogen-bond acceptors (Lipinski definition) is 3. The third-order valence-corrected chi connectivity index (χ3v) is 8.19. The van der Waals surface area contributed by atoms with Crippen molar-refractivity contribution in [3.8, 4) is 16.3 Å². The summed E-state index contributed by atoms with van der Waals surface area (Å²) >= 11 is 1.81. The van der Waals surface area contributed by atoms with Crippen LogP contribution >= 0.6 is 11.3 Å². The van der Waals surface area contributed by atoms with Gasteiger partial charge in [0.2, 0.25) is 0 Å². The first-order valence-electron chi connectivity index (χ1n) is 13.4. The van der Waals surface area contributed by atoms with Gasteiger partial charge in [-0.1, -0.05) is 77.2 Å². The van der Waals surface area contributed by atoms with E-state index < -0.39 is 0 Å². The number of rotatable bonds is 13. The van der Waals surface area contributed by atoms with Crippen LogP contribution in [0.5, 0.6) is 5.75 Å². The van der Waals surface area contributed by atoms with Crippen molar-refractivity contribution in [2.75, 3.05) is 6.61 Å². The Morgan fingerprint density at radius 3 is 2.48 bits per heavy atom. The third-order valence-electron chi connectivity index (χ3n) is 7.12. The molecule has 33 heavy (non-hydrogen) atoms. The molecule has 1 fully saturated rings. The minimum atomic E-state index is 0.832. The highest BCUT2D eigenvalue weighted by molar-refractivity contribution is 7.21. The Morgan fingerprint density at radius 1 is 0.879 bits per heavy atom. The van der Waals surface area contributed by atoms with Crippen molar-refractivity contribution in [2.45, 2.75) is 96.8 Å². The van der Waals surface area contributed by atoms with Crippen molar-refractivity contribution in [2.24, 2.45) is 5.92 Å². The maximum Gasteiger partial charge on any atom is 0.124 e. The molecule has 178 valence electrons. The quantitative estimate of drug-likeness (QED) is 0.235. The second kappa shape index (κ2) is 13.1. The molecular formula is C30H41NOS. The van der Waals surface area contributed by atoms with Crippen LogP contribution in [0.3, 0.4) is 0 Å². The van der Waals surface area contributed by atoms with Crippen LogP contribution in [-0.4, -0.2) is 11.6 Å². The van der Waals surface area contributed by atoms with Gasteiger partial charge in [-0.25, -0.2) is 4.98 Å². The summed E-state index contributed by atoms with van der Waals surface area (Å²) in [5.41, 5.74) is 3.75. The number of aryl methyl sites for hydroxylation is 1. The molecule has 1 aliphatic rings. The van der Waals surface area contributed by atoms with Gasteiger partial charge in [0.25, 0.3) is 0 Å². The second-order valence-corrected chi connectivity index (χ2v) is 10.9. The summed E-state index contributed by atoms with van der Waals surface area (Å²) in [7, 11) is 0. The summed E-state index contributed by atoms with van der Waals surface area (Å²) in [6.07, 6.45) is 18.9. The number of aromatic nitrogens is 1. The zero-order valence-electron chi connectivity index (χ0n) is 20.5. The molecule has 0 unspecified atom stereocenters. The van der Waals surface area contributed by atoms with Crippen molar-refractivity contribution >= 4 is 21.6 Å². The zero-order valence-corrected chi connectivity index (χ0v) is 21.3. The molecule has 1 aliphatic carbocycles. The van der Waals surface area contributed by atoms with Crippen molar-refractivity contribution in [1.29, 1.82) is 0 Å². The average Bonchev–Trinajstić information content (AvgIpc) is 3.28. The number of nitrogens with zero attached hydrogens (tertiary/aromatic N) is 1. The lowest BCUT2D eigenvalue weighted by molar-refractivity contribution is 0.269. The highest BCUT2D eigenvalue weighted by Crippen LogP contribution is 2.32. The van der Waals surface area contributed by atoms with Crippen LogP contribution in [0.2, 0.25) is 0 Å². The highest BCUT2D eigenvalue weighted by atomic mass is 32.1. The topological polar surface area (TPSA) is 22.1 Å². The van der Waals surface area contributed by atoms with Gasteiger partial charge < -0.3 is 4.74 Å². The Hall–Kier alpha value is -1.87. The van der Waals surface area contributed by atoms with E-state index in [1.54, 1.807) is 11.3 Å². The third kappa shape index (κ3) is 7.57. The van der Waals surface area contributed by atoms with Crippen LogP contribution in [0.15, 0.2) is 42.5 Å². The SMILES string of the molecule is CCCCCCCCc1ccc2nc(-c3ccc(OCCCC4CCCCC4)cc3)sc2c1. The van der Waals surface area contributed by atoms with Crippen LogP contribution in [0.1, 0.15) is 96.0 Å². The number of benzene rings is 2. The molecular weight excluding hydrogens is 422 g/mol. The van der Waals surface area contributed by atoms with Crippen LogP contribution < -0.4 is 4.74 Å². The molecule has 0 radical (unpaired) electrons. The lowest BCUT2D eigenvalue weighted by Crippen LogP contribution is -2.08. The first-order chi connectivity index (χ1) is 16.3. The molecule has 3 heteroatoms. The number of thiazole rings is 1. The molecule has 2 nitrogen and oxygen atoms in total. The monoisotopic (exact) mass is 463 g/mol. The summed E-state index contributed by atoms with van der Waals surface area (Å²) in [5.74, 6) is 1.92. The van der Waals surface area contributed by atoms with Gasteiger partial charge >= 0.3 is 0 Å². The predicted octanol–water partition coefficient (Wildman–Crippen LogP) is 9.61. The fourth-order valence-electron chi connectivity index (χ4n) is 5.09. The fraction of sp³-hybridized carbons (Fsp3) is 0.567. The van der Waals surface area contributed by atoms with E-state index in [9.17, 15) is 0 Å². The van der Waals surface area contributed by atoms with Crippen LogP contribution in [0.4, 0.5) is 0 Å². The van der Waals surface area contributed by atoms with E-state index in [4.69, 9.17) is 9.72 Å². The number of unbranched alkanes of at least 4 members (excludes halogenated alkanes) is 5. The molecule has 0 amide bonds. The van der Waals surface area contributed by atoms with E-state index in [1.165, 1.54) is 106 Å². The molecule has 2 aromatic carbocycles. The van der Waals surface area contributed by atoms with E-state index >= 15 is 0 Å². The highest BCUT2D eigenvalue weighted by Gasteiger charge is 2.13. The summed E-state index contributed by atoms with van der Waals surface area (Å²) < 4.78 is 7.32. The van der Waals surface area contributed by atoms with Gasteiger partial charge in [0.15, 0.2) is 0 Å². The standard InChI is InChI=1S/C30H41NOS/c1-2-3-4-5-6-8-14-25-16-21-28-29(23-25)33-30(31-28)26-17-19-27(20-18-26)32-22-11-15-24-12-9-7-10-13-24/h16-21,23-24H,2-15,22H2,1H3. The summed E-state index contributed by atoms with van der Waals surface area (Å²) in [6, 6.07) is 15.3. The van der Waals surface area contributed by atoms with Crippen LogP contribution in [0, 0.1) is 5.92 Å². The average molecular weight is 464 g/mol. The number of ether oxygens (including phenoxy) is 1. The summed E-state index contributed by atoms with van der Waals surface area (Å²) in [4.78, 5) is 4.89. The molecule has 1 heterocycles. The van der Waals surface area contributed by atoms with Crippen LogP contribution in [0.25, 0.3) is 20.8 Å². The van der Waals surface area contributed by atoms with E-state index in [1.807, 2.05) is 0 Å². The Bertz CT molecular complexity index is 955. The summed E-state index contributed by atoms with van der Waals surface area (Å²) in [5, 5.41) is 1.10. The van der Waals surface area contributed by atoms with Crippen molar-refractivity contribution in [3.05, 3.63) is 48.0 Å². The lowest BCUT2D eigenvalue weighted by Gasteiger charge is -2.21. The molecule has 4 rings (SSSR count). The zero-order chi connectivity index (χ0) is 22.7. The Balaban J connectivity index is 1.25. The van der Waals surface area contributed by atoms with Gasteiger partial charge in [-0.05, 0) is 73.6 Å². The number of fused-ring (bicyclic) bond motifs is 1. The minimum absolute atomic E-state index is 0.832. The predicted molar refractivity (Wildman–Crippen MR) is 143 cm³/mol. The van der Waals surface area contributed by atoms with E-state index in [-0.39, 0.29) is 0 Å². The van der Waals surface area contributed by atoms with E-state index in [0.717, 1.165) is 28.8 Å². The molecule has 0 atom stereocenters. The van der Waals surface area contributed by atoms with Crippen molar-refractivity contribution in [1.82, 2.24) is 4.98 Å². The second-order valence-electron chi connectivity index (χ2n) is 9.86. The molecule has 0 aliphatic heterocycles. The maximum absolute atomic E-state index is 6.01. The molecule has 3 aromatic rings. The lowest BCUT2D eigenvalue weighted by atomic mass is 9.86. The Kier molecular flexibility index (Phi) is 9.65. The molecule has 0 spiro atoms.